The van der Waals surface area contributed by atoms with E-state index in [0.717, 1.165) is 13.1 Å². The molecule has 1 fully saturated rings. The summed E-state index contributed by atoms with van der Waals surface area (Å²) in [4.78, 5) is 5.22. The Balaban J connectivity index is 1.95. The van der Waals surface area contributed by atoms with Gasteiger partial charge in [0, 0.05) is 26.2 Å². The quantitative estimate of drug-likeness (QED) is 0.561. The van der Waals surface area contributed by atoms with Gasteiger partial charge in [0.25, 0.3) is 0 Å². The van der Waals surface area contributed by atoms with Crippen LogP contribution in [0.25, 0.3) is 0 Å². The van der Waals surface area contributed by atoms with Crippen LogP contribution in [0.5, 0.6) is 0 Å². The average Bonchev–Trinajstić information content (AvgIpc) is 2.41. The van der Waals surface area contributed by atoms with Gasteiger partial charge in [-0.2, -0.15) is 0 Å². The highest BCUT2D eigenvalue weighted by atomic mass is 15.3. The molecule has 108 valence electrons. The predicted molar refractivity (Wildman–Crippen MR) is 79.2 cm³/mol. The lowest BCUT2D eigenvalue weighted by Crippen LogP contribution is -2.47. The summed E-state index contributed by atoms with van der Waals surface area (Å²) >= 11 is 0. The third kappa shape index (κ3) is 7.31. The zero-order valence-electron chi connectivity index (χ0n) is 12.4. The topological polar surface area (TPSA) is 30.5 Å². The molecule has 0 bridgehead atoms. The van der Waals surface area contributed by atoms with Crippen molar-refractivity contribution in [1.29, 1.82) is 0 Å². The lowest BCUT2D eigenvalue weighted by atomic mass is 10.2. The fourth-order valence-electron chi connectivity index (χ4n) is 2.45. The van der Waals surface area contributed by atoms with Gasteiger partial charge < -0.3 is 20.4 Å². The molecule has 2 N–H and O–H groups in total. The molecular formula is C14H32N4. The standard InChI is InChI=1S/C14H32N4/c1-3-15-7-5-9-17-11-13-18(14-12-17)10-6-8-16-4-2/h15-16H,3-14H2,1-2H3. The number of nitrogens with zero attached hydrogens (tertiary/aromatic N) is 2. The van der Waals surface area contributed by atoms with Gasteiger partial charge in [0.05, 0.1) is 0 Å². The highest BCUT2D eigenvalue weighted by molar-refractivity contribution is 4.72. The van der Waals surface area contributed by atoms with Crippen molar-refractivity contribution in [3.05, 3.63) is 0 Å². The smallest absolute Gasteiger partial charge is 0.0110 e. The van der Waals surface area contributed by atoms with Crippen LogP contribution in [-0.4, -0.2) is 75.2 Å². The first-order valence-electron chi connectivity index (χ1n) is 7.73. The summed E-state index contributed by atoms with van der Waals surface area (Å²) in [7, 11) is 0. The average molecular weight is 256 g/mol. The Bertz CT molecular complexity index is 159. The van der Waals surface area contributed by atoms with E-state index in [2.05, 4.69) is 34.3 Å². The molecule has 0 atom stereocenters. The van der Waals surface area contributed by atoms with Crippen LogP contribution < -0.4 is 10.6 Å². The normalized spacial score (nSPS) is 18.3. The van der Waals surface area contributed by atoms with Crippen LogP contribution in [0.3, 0.4) is 0 Å². The number of hydrogen-bond donors (Lipinski definition) is 2. The van der Waals surface area contributed by atoms with Crippen LogP contribution in [0.1, 0.15) is 26.7 Å². The van der Waals surface area contributed by atoms with Gasteiger partial charge in [-0.1, -0.05) is 13.8 Å². The maximum Gasteiger partial charge on any atom is 0.0110 e. The molecule has 0 saturated carbocycles. The molecule has 1 saturated heterocycles. The van der Waals surface area contributed by atoms with Crippen molar-refractivity contribution in [2.75, 3.05) is 65.4 Å². The van der Waals surface area contributed by atoms with Crippen LogP contribution in [0.2, 0.25) is 0 Å². The summed E-state index contributed by atoms with van der Waals surface area (Å²) in [6.07, 6.45) is 2.57. The molecule has 0 aliphatic carbocycles. The van der Waals surface area contributed by atoms with Gasteiger partial charge in [-0.05, 0) is 52.1 Å². The van der Waals surface area contributed by atoms with Gasteiger partial charge in [0.1, 0.15) is 0 Å². The monoisotopic (exact) mass is 256 g/mol. The molecule has 0 unspecified atom stereocenters. The molecule has 1 heterocycles. The largest absolute Gasteiger partial charge is 0.317 e. The van der Waals surface area contributed by atoms with Crippen molar-refractivity contribution in [3.8, 4) is 0 Å². The minimum absolute atomic E-state index is 1.10. The van der Waals surface area contributed by atoms with E-state index in [4.69, 9.17) is 0 Å². The van der Waals surface area contributed by atoms with Crippen molar-refractivity contribution in [3.63, 3.8) is 0 Å². The number of piperazine rings is 1. The van der Waals surface area contributed by atoms with E-state index in [1.54, 1.807) is 0 Å². The van der Waals surface area contributed by atoms with E-state index in [1.165, 1.54) is 65.2 Å². The van der Waals surface area contributed by atoms with Crippen molar-refractivity contribution in [2.24, 2.45) is 0 Å². The molecule has 18 heavy (non-hydrogen) atoms. The SMILES string of the molecule is CCNCCCN1CCN(CCCNCC)CC1. The summed E-state index contributed by atoms with van der Waals surface area (Å²) in [5.41, 5.74) is 0. The third-order valence-corrected chi connectivity index (χ3v) is 3.62. The first-order valence-corrected chi connectivity index (χ1v) is 7.73. The van der Waals surface area contributed by atoms with Gasteiger partial charge in [-0.3, -0.25) is 0 Å². The Morgan fingerprint density at radius 2 is 1.11 bits per heavy atom. The molecule has 0 aromatic rings. The highest BCUT2D eigenvalue weighted by Gasteiger charge is 2.15. The second-order valence-corrected chi connectivity index (χ2v) is 5.10. The highest BCUT2D eigenvalue weighted by Crippen LogP contribution is 2.02. The van der Waals surface area contributed by atoms with Gasteiger partial charge in [0.15, 0.2) is 0 Å². The van der Waals surface area contributed by atoms with Gasteiger partial charge in [-0.15, -0.1) is 0 Å². The molecule has 1 aliphatic heterocycles. The number of rotatable bonds is 10. The Labute approximate surface area is 113 Å². The second kappa shape index (κ2) is 10.7. The first-order chi connectivity index (χ1) is 8.86. The van der Waals surface area contributed by atoms with Crippen LogP contribution >= 0.6 is 0 Å². The summed E-state index contributed by atoms with van der Waals surface area (Å²) in [6.45, 7) is 16.4. The van der Waals surface area contributed by atoms with Gasteiger partial charge >= 0.3 is 0 Å². The first kappa shape index (κ1) is 15.9. The van der Waals surface area contributed by atoms with Crippen LogP contribution in [0.15, 0.2) is 0 Å². The van der Waals surface area contributed by atoms with E-state index in [1.807, 2.05) is 0 Å². The van der Waals surface area contributed by atoms with E-state index < -0.39 is 0 Å². The molecule has 4 heteroatoms. The summed E-state index contributed by atoms with van der Waals surface area (Å²) in [5.74, 6) is 0. The van der Waals surface area contributed by atoms with Crippen LogP contribution in [-0.2, 0) is 0 Å². The third-order valence-electron chi connectivity index (χ3n) is 3.62. The minimum atomic E-state index is 1.10. The van der Waals surface area contributed by atoms with Crippen LogP contribution in [0, 0.1) is 0 Å². The van der Waals surface area contributed by atoms with Gasteiger partial charge in [0.2, 0.25) is 0 Å². The lowest BCUT2D eigenvalue weighted by Gasteiger charge is -2.34. The Hall–Kier alpha value is -0.160. The summed E-state index contributed by atoms with van der Waals surface area (Å²) < 4.78 is 0. The molecule has 0 radical (unpaired) electrons. The molecule has 0 aromatic heterocycles. The fraction of sp³-hybridized carbons (Fsp3) is 1.00. The molecule has 1 aliphatic rings. The van der Waals surface area contributed by atoms with Crippen molar-refractivity contribution < 1.29 is 0 Å². The molecule has 4 nitrogen and oxygen atoms in total. The molecule has 0 amide bonds. The minimum Gasteiger partial charge on any atom is -0.317 e. The Kier molecular flexibility index (Phi) is 9.48. The molecule has 1 rings (SSSR count). The van der Waals surface area contributed by atoms with Crippen LogP contribution in [0.4, 0.5) is 0 Å². The number of hydrogen-bond acceptors (Lipinski definition) is 4. The van der Waals surface area contributed by atoms with Crippen molar-refractivity contribution in [1.82, 2.24) is 20.4 Å². The van der Waals surface area contributed by atoms with E-state index in [0.29, 0.717) is 0 Å². The summed E-state index contributed by atoms with van der Waals surface area (Å²) in [6, 6.07) is 0. The maximum atomic E-state index is 3.39. The van der Waals surface area contributed by atoms with Crippen molar-refractivity contribution in [2.45, 2.75) is 26.7 Å². The molecule has 0 spiro atoms. The molecular weight excluding hydrogens is 224 g/mol. The fourth-order valence-corrected chi connectivity index (χ4v) is 2.45. The predicted octanol–water partition coefficient (Wildman–Crippen LogP) is 0.603. The molecule has 0 aromatic carbocycles. The van der Waals surface area contributed by atoms with E-state index >= 15 is 0 Å². The zero-order valence-corrected chi connectivity index (χ0v) is 12.4. The zero-order chi connectivity index (χ0) is 13.1. The number of nitrogens with one attached hydrogen (secondary N) is 2. The summed E-state index contributed by atoms with van der Waals surface area (Å²) in [5, 5.41) is 6.78. The Morgan fingerprint density at radius 1 is 0.722 bits per heavy atom. The van der Waals surface area contributed by atoms with Crippen molar-refractivity contribution >= 4 is 0 Å². The Morgan fingerprint density at radius 3 is 1.44 bits per heavy atom. The second-order valence-electron chi connectivity index (χ2n) is 5.10. The van der Waals surface area contributed by atoms with E-state index in [-0.39, 0.29) is 0 Å². The maximum absolute atomic E-state index is 3.39. The van der Waals surface area contributed by atoms with Gasteiger partial charge in [-0.25, -0.2) is 0 Å². The lowest BCUT2D eigenvalue weighted by molar-refractivity contribution is 0.130. The van der Waals surface area contributed by atoms with E-state index in [9.17, 15) is 0 Å².